The molecule has 64 valence electrons. The summed E-state index contributed by atoms with van der Waals surface area (Å²) in [5.74, 6) is 0. The highest BCUT2D eigenvalue weighted by molar-refractivity contribution is 4.66. The van der Waals surface area contributed by atoms with E-state index in [1.807, 2.05) is 6.07 Å². The summed E-state index contributed by atoms with van der Waals surface area (Å²) < 4.78 is 10.2. The molecule has 0 aliphatic rings. The van der Waals surface area contributed by atoms with Crippen LogP contribution >= 0.6 is 0 Å². The third-order valence-corrected chi connectivity index (χ3v) is 1.23. The molecule has 3 nitrogen and oxygen atoms in total. The molecule has 0 rings (SSSR count). The quantitative estimate of drug-likeness (QED) is 0.435. The van der Waals surface area contributed by atoms with Crippen LogP contribution in [0.4, 0.5) is 0 Å². The average Bonchev–Trinajstić information content (AvgIpc) is 2.01. The van der Waals surface area contributed by atoms with Crippen LogP contribution in [-0.4, -0.2) is 19.5 Å². The monoisotopic (exact) mass is 157 g/mol. The van der Waals surface area contributed by atoms with Crippen molar-refractivity contribution >= 4 is 0 Å². The Balaban J connectivity index is 3.10. The zero-order valence-electron chi connectivity index (χ0n) is 7.17. The van der Waals surface area contributed by atoms with Gasteiger partial charge in [-0.3, -0.25) is 0 Å². The summed E-state index contributed by atoms with van der Waals surface area (Å²) in [4.78, 5) is 0. The number of unbranched alkanes of at least 4 members (excludes halogenated alkanes) is 1. The number of hydrogen-bond donors (Lipinski definition) is 0. The highest BCUT2D eigenvalue weighted by Crippen LogP contribution is 1.95. The third-order valence-electron chi connectivity index (χ3n) is 1.23. The Hall–Kier alpha value is -0.590. The molecular formula is C8H15NO2. The van der Waals surface area contributed by atoms with Gasteiger partial charge in [-0.05, 0) is 13.3 Å². The molecule has 0 aliphatic carbocycles. The fourth-order valence-electron chi connectivity index (χ4n) is 0.596. The van der Waals surface area contributed by atoms with Crippen molar-refractivity contribution in [1.82, 2.24) is 0 Å². The summed E-state index contributed by atoms with van der Waals surface area (Å²) in [6.45, 7) is 4.72. The zero-order valence-corrected chi connectivity index (χ0v) is 7.17. The van der Waals surface area contributed by atoms with Gasteiger partial charge < -0.3 is 9.47 Å². The highest BCUT2D eigenvalue weighted by atomic mass is 16.7. The summed E-state index contributed by atoms with van der Waals surface area (Å²) in [6.07, 6.45) is 1.91. The van der Waals surface area contributed by atoms with Crippen molar-refractivity contribution in [3.8, 4) is 6.07 Å². The minimum absolute atomic E-state index is 0.104. The van der Waals surface area contributed by atoms with E-state index in [0.717, 1.165) is 12.8 Å². The van der Waals surface area contributed by atoms with Crippen molar-refractivity contribution in [2.24, 2.45) is 0 Å². The summed E-state index contributed by atoms with van der Waals surface area (Å²) in [7, 11) is 0. The lowest BCUT2D eigenvalue weighted by atomic mass is 10.4. The van der Waals surface area contributed by atoms with E-state index in [1.165, 1.54) is 0 Å². The predicted octanol–water partition coefficient (Wildman–Crippen LogP) is 1.69. The number of nitriles is 1. The Bertz CT molecular complexity index is 120. The zero-order chi connectivity index (χ0) is 8.53. The second-order valence-corrected chi connectivity index (χ2v) is 2.26. The van der Waals surface area contributed by atoms with Gasteiger partial charge in [0.2, 0.25) is 0 Å². The van der Waals surface area contributed by atoms with Crippen LogP contribution < -0.4 is 0 Å². The Morgan fingerprint density at radius 2 is 2.18 bits per heavy atom. The van der Waals surface area contributed by atoms with E-state index >= 15 is 0 Å². The molecule has 1 atom stereocenters. The lowest BCUT2D eigenvalue weighted by Crippen LogP contribution is -2.13. The topological polar surface area (TPSA) is 42.2 Å². The first-order valence-electron chi connectivity index (χ1n) is 3.91. The number of nitrogens with zero attached hydrogens (tertiary/aromatic N) is 1. The van der Waals surface area contributed by atoms with E-state index in [0.29, 0.717) is 6.61 Å². The highest BCUT2D eigenvalue weighted by Gasteiger charge is 1.99. The first-order valence-corrected chi connectivity index (χ1v) is 3.91. The van der Waals surface area contributed by atoms with Crippen LogP contribution in [0.1, 0.15) is 26.7 Å². The molecule has 0 heterocycles. The molecular weight excluding hydrogens is 142 g/mol. The van der Waals surface area contributed by atoms with Crippen molar-refractivity contribution in [3.05, 3.63) is 0 Å². The minimum Gasteiger partial charge on any atom is -0.353 e. The summed E-state index contributed by atoms with van der Waals surface area (Å²) in [6, 6.07) is 1.89. The molecule has 11 heavy (non-hydrogen) atoms. The van der Waals surface area contributed by atoms with E-state index in [9.17, 15) is 0 Å². The summed E-state index contributed by atoms with van der Waals surface area (Å²) in [5.41, 5.74) is 0. The molecule has 0 radical (unpaired) electrons. The molecule has 0 aromatic carbocycles. The van der Waals surface area contributed by atoms with Crippen LogP contribution in [0.25, 0.3) is 0 Å². The van der Waals surface area contributed by atoms with E-state index in [1.54, 1.807) is 6.92 Å². The lowest BCUT2D eigenvalue weighted by molar-refractivity contribution is -0.121. The first kappa shape index (κ1) is 10.4. The third kappa shape index (κ3) is 7.31. The predicted molar refractivity (Wildman–Crippen MR) is 41.9 cm³/mol. The first-order chi connectivity index (χ1) is 5.31. The molecule has 0 bridgehead atoms. The largest absolute Gasteiger partial charge is 0.353 e. The van der Waals surface area contributed by atoms with Gasteiger partial charge in [-0.1, -0.05) is 13.3 Å². The van der Waals surface area contributed by atoms with Crippen molar-refractivity contribution in [2.45, 2.75) is 33.0 Å². The van der Waals surface area contributed by atoms with Gasteiger partial charge in [-0.2, -0.15) is 5.26 Å². The minimum atomic E-state index is -0.249. The van der Waals surface area contributed by atoms with Crippen LogP contribution in [0.15, 0.2) is 0 Å². The van der Waals surface area contributed by atoms with Gasteiger partial charge in [0.1, 0.15) is 6.61 Å². The molecule has 3 heteroatoms. The fraction of sp³-hybridized carbons (Fsp3) is 0.875. The van der Waals surface area contributed by atoms with Gasteiger partial charge in [0.15, 0.2) is 6.29 Å². The maximum Gasteiger partial charge on any atom is 0.156 e. The molecule has 0 spiro atoms. The fourth-order valence-corrected chi connectivity index (χ4v) is 0.596. The molecule has 0 saturated carbocycles. The van der Waals surface area contributed by atoms with Gasteiger partial charge in [-0.25, -0.2) is 0 Å². The maximum atomic E-state index is 8.16. The molecule has 0 amide bonds. The number of rotatable bonds is 6. The van der Waals surface area contributed by atoms with Crippen molar-refractivity contribution < 1.29 is 9.47 Å². The Kier molecular flexibility index (Phi) is 7.11. The smallest absolute Gasteiger partial charge is 0.156 e. The standard InChI is InChI=1S/C8H15NO2/c1-3-4-6-10-8(2)11-7-5-9/h8H,3-4,6-7H2,1-2H3/t8-/m0/s1. The van der Waals surface area contributed by atoms with Crippen LogP contribution in [0.2, 0.25) is 0 Å². The summed E-state index contributed by atoms with van der Waals surface area (Å²) in [5, 5.41) is 8.16. The SMILES string of the molecule is CCCCO[C@H](C)OCC#N. The van der Waals surface area contributed by atoms with Gasteiger partial charge in [0.05, 0.1) is 6.07 Å². The van der Waals surface area contributed by atoms with Crippen molar-refractivity contribution in [1.29, 1.82) is 5.26 Å². The van der Waals surface area contributed by atoms with Gasteiger partial charge in [0, 0.05) is 6.61 Å². The molecule has 0 saturated heterocycles. The molecule has 0 N–H and O–H groups in total. The molecule has 0 unspecified atom stereocenters. The van der Waals surface area contributed by atoms with E-state index < -0.39 is 0 Å². The normalized spacial score (nSPS) is 12.5. The van der Waals surface area contributed by atoms with E-state index in [4.69, 9.17) is 14.7 Å². The average molecular weight is 157 g/mol. The number of ether oxygens (including phenoxy) is 2. The van der Waals surface area contributed by atoms with E-state index in [-0.39, 0.29) is 12.9 Å². The Morgan fingerprint density at radius 3 is 2.73 bits per heavy atom. The second kappa shape index (κ2) is 7.52. The van der Waals surface area contributed by atoms with Crippen molar-refractivity contribution in [2.75, 3.05) is 13.2 Å². The molecule has 0 aliphatic heterocycles. The molecule has 0 aromatic rings. The second-order valence-electron chi connectivity index (χ2n) is 2.26. The lowest BCUT2D eigenvalue weighted by Gasteiger charge is -2.10. The molecule has 0 fully saturated rings. The maximum absolute atomic E-state index is 8.16. The van der Waals surface area contributed by atoms with Crippen LogP contribution in [0, 0.1) is 11.3 Å². The molecule has 0 aromatic heterocycles. The van der Waals surface area contributed by atoms with Crippen molar-refractivity contribution in [3.63, 3.8) is 0 Å². The number of hydrogen-bond acceptors (Lipinski definition) is 3. The van der Waals surface area contributed by atoms with Gasteiger partial charge >= 0.3 is 0 Å². The van der Waals surface area contributed by atoms with Crippen LogP contribution in [0.5, 0.6) is 0 Å². The Labute approximate surface area is 67.9 Å². The van der Waals surface area contributed by atoms with Crippen LogP contribution in [0.3, 0.4) is 0 Å². The Morgan fingerprint density at radius 1 is 1.45 bits per heavy atom. The van der Waals surface area contributed by atoms with Crippen LogP contribution in [-0.2, 0) is 9.47 Å². The van der Waals surface area contributed by atoms with E-state index in [2.05, 4.69) is 6.92 Å². The summed E-state index contributed by atoms with van der Waals surface area (Å²) >= 11 is 0. The van der Waals surface area contributed by atoms with Gasteiger partial charge in [0.25, 0.3) is 0 Å². The van der Waals surface area contributed by atoms with Gasteiger partial charge in [-0.15, -0.1) is 0 Å².